The van der Waals surface area contributed by atoms with Crippen LogP contribution in [-0.4, -0.2) is 36.9 Å². The number of hydrogen-bond donors (Lipinski definition) is 2. The van der Waals surface area contributed by atoms with Gasteiger partial charge in [0.2, 0.25) is 0 Å². The molecule has 0 saturated carbocycles. The number of benzene rings is 2. The van der Waals surface area contributed by atoms with Crippen LogP contribution in [0.15, 0.2) is 48.5 Å². The lowest BCUT2D eigenvalue weighted by Gasteiger charge is -2.26. The Morgan fingerprint density at radius 2 is 1.69 bits per heavy atom. The van der Waals surface area contributed by atoms with Crippen LogP contribution in [0.1, 0.15) is 17.3 Å². The molecule has 2 amide bonds. The predicted octanol–water partition coefficient (Wildman–Crippen LogP) is 1.78. The molecular formula is C19H18N2O5. The highest BCUT2D eigenvalue weighted by atomic mass is 16.6. The van der Waals surface area contributed by atoms with Crippen molar-refractivity contribution in [2.24, 2.45) is 0 Å². The molecule has 2 aromatic carbocycles. The molecule has 1 atom stereocenters. The Bertz CT molecular complexity index is 832. The third kappa shape index (κ3) is 4.18. The van der Waals surface area contributed by atoms with E-state index in [9.17, 15) is 14.4 Å². The molecular weight excluding hydrogens is 336 g/mol. The van der Waals surface area contributed by atoms with Gasteiger partial charge in [-0.25, -0.2) is 0 Å². The molecule has 134 valence electrons. The van der Waals surface area contributed by atoms with Gasteiger partial charge in [0.05, 0.1) is 6.54 Å². The maximum Gasteiger partial charge on any atom is 0.313 e. The molecule has 1 aliphatic heterocycles. The number of carbonyl (C=O) groups is 3. The zero-order valence-electron chi connectivity index (χ0n) is 14.2. The molecule has 2 aromatic rings. The van der Waals surface area contributed by atoms with Crippen molar-refractivity contribution in [3.63, 3.8) is 0 Å². The van der Waals surface area contributed by atoms with Crippen LogP contribution < -0.4 is 20.1 Å². The van der Waals surface area contributed by atoms with E-state index >= 15 is 0 Å². The van der Waals surface area contributed by atoms with Gasteiger partial charge in [0.1, 0.15) is 12.7 Å². The van der Waals surface area contributed by atoms with Gasteiger partial charge < -0.3 is 20.1 Å². The summed E-state index contributed by atoms with van der Waals surface area (Å²) >= 11 is 0. The highest BCUT2D eigenvalue weighted by Gasteiger charge is 2.22. The zero-order valence-corrected chi connectivity index (χ0v) is 14.2. The third-order valence-electron chi connectivity index (χ3n) is 3.81. The summed E-state index contributed by atoms with van der Waals surface area (Å²) in [6, 6.07) is 13.6. The summed E-state index contributed by atoms with van der Waals surface area (Å²) < 4.78 is 11.3. The molecule has 7 nitrogen and oxygen atoms in total. The normalized spacial score (nSPS) is 15.0. The zero-order chi connectivity index (χ0) is 18.5. The van der Waals surface area contributed by atoms with Crippen molar-refractivity contribution in [1.82, 2.24) is 5.32 Å². The Hall–Kier alpha value is -3.35. The van der Waals surface area contributed by atoms with Gasteiger partial charge in [-0.05, 0) is 43.3 Å². The summed E-state index contributed by atoms with van der Waals surface area (Å²) in [6.07, 6.45) is -0.378. The van der Waals surface area contributed by atoms with Crippen LogP contribution >= 0.6 is 0 Å². The van der Waals surface area contributed by atoms with Crippen LogP contribution in [0.25, 0.3) is 0 Å². The van der Waals surface area contributed by atoms with Crippen LogP contribution in [0.5, 0.6) is 11.5 Å². The fraction of sp³-hybridized carbons (Fsp3) is 0.211. The quantitative estimate of drug-likeness (QED) is 0.645. The third-order valence-corrected chi connectivity index (χ3v) is 3.81. The summed E-state index contributed by atoms with van der Waals surface area (Å²) in [6.45, 7) is 1.88. The van der Waals surface area contributed by atoms with Crippen LogP contribution in [0, 0.1) is 0 Å². The Morgan fingerprint density at radius 1 is 1.00 bits per heavy atom. The van der Waals surface area contributed by atoms with Crippen LogP contribution in [0.4, 0.5) is 5.69 Å². The highest BCUT2D eigenvalue weighted by molar-refractivity contribution is 6.39. The fourth-order valence-corrected chi connectivity index (χ4v) is 2.43. The summed E-state index contributed by atoms with van der Waals surface area (Å²) in [4.78, 5) is 35.1. The molecule has 2 N–H and O–H groups in total. The average Bonchev–Trinajstić information content (AvgIpc) is 2.66. The minimum absolute atomic E-state index is 0.0723. The van der Waals surface area contributed by atoms with E-state index < -0.39 is 11.8 Å². The number of carbonyl (C=O) groups excluding carboxylic acids is 3. The molecule has 0 radical (unpaired) electrons. The first kappa shape index (κ1) is 17.5. The van der Waals surface area contributed by atoms with Crippen LogP contribution in [0.3, 0.4) is 0 Å². The summed E-state index contributed by atoms with van der Waals surface area (Å²) in [5.41, 5.74) is 0.962. The van der Waals surface area contributed by atoms with E-state index in [0.29, 0.717) is 22.7 Å². The van der Waals surface area contributed by atoms with Crippen molar-refractivity contribution in [3.8, 4) is 11.5 Å². The fourth-order valence-electron chi connectivity index (χ4n) is 2.43. The largest absolute Gasteiger partial charge is 0.486 e. The maximum absolute atomic E-state index is 11.9. The lowest BCUT2D eigenvalue weighted by molar-refractivity contribution is -0.136. The lowest BCUT2D eigenvalue weighted by atomic mass is 10.1. The molecule has 0 aromatic heterocycles. The van der Waals surface area contributed by atoms with E-state index in [4.69, 9.17) is 9.47 Å². The number of ketones is 1. The predicted molar refractivity (Wildman–Crippen MR) is 94.4 cm³/mol. The topological polar surface area (TPSA) is 93.7 Å². The van der Waals surface area contributed by atoms with Gasteiger partial charge in [-0.1, -0.05) is 12.1 Å². The van der Waals surface area contributed by atoms with Crippen molar-refractivity contribution in [2.45, 2.75) is 13.0 Å². The number of Topliss-reactive ketones (excluding diaryl/α,β-unsaturated/α-hetero) is 1. The van der Waals surface area contributed by atoms with Crippen LogP contribution in [0.2, 0.25) is 0 Å². The van der Waals surface area contributed by atoms with E-state index in [2.05, 4.69) is 10.6 Å². The standard InChI is InChI=1S/C19H18N2O5/c1-12(22)13-6-8-14(9-7-13)21-19(24)18(23)20-10-15-11-25-16-4-2-3-5-17(16)26-15/h2-9,15H,10-11H2,1H3,(H,20,23)(H,21,24). The highest BCUT2D eigenvalue weighted by Crippen LogP contribution is 2.30. The second-order valence-corrected chi connectivity index (χ2v) is 5.80. The maximum atomic E-state index is 11.9. The van der Waals surface area contributed by atoms with Gasteiger partial charge in [-0.15, -0.1) is 0 Å². The van der Waals surface area contributed by atoms with E-state index in [1.165, 1.54) is 6.92 Å². The van der Waals surface area contributed by atoms with Gasteiger partial charge in [0, 0.05) is 11.3 Å². The summed E-state index contributed by atoms with van der Waals surface area (Å²) in [5, 5.41) is 5.00. The van der Waals surface area contributed by atoms with Gasteiger partial charge in [0.25, 0.3) is 0 Å². The molecule has 26 heavy (non-hydrogen) atoms. The minimum atomic E-state index is -0.794. The second kappa shape index (κ2) is 7.69. The Balaban J connectivity index is 1.49. The molecule has 0 fully saturated rings. The molecule has 1 heterocycles. The van der Waals surface area contributed by atoms with Crippen molar-refractivity contribution >= 4 is 23.3 Å². The number of ether oxygens (including phenoxy) is 2. The average molecular weight is 354 g/mol. The summed E-state index contributed by atoms with van der Waals surface area (Å²) in [7, 11) is 0. The van der Waals surface area contributed by atoms with E-state index in [-0.39, 0.29) is 25.0 Å². The first-order valence-corrected chi connectivity index (χ1v) is 8.11. The Morgan fingerprint density at radius 3 is 2.38 bits per heavy atom. The lowest BCUT2D eigenvalue weighted by Crippen LogP contribution is -2.44. The van der Waals surface area contributed by atoms with Crippen molar-refractivity contribution in [2.75, 3.05) is 18.5 Å². The first-order valence-electron chi connectivity index (χ1n) is 8.11. The molecule has 7 heteroatoms. The van der Waals surface area contributed by atoms with Gasteiger partial charge >= 0.3 is 11.8 Å². The molecule has 0 spiro atoms. The van der Waals surface area contributed by atoms with Gasteiger partial charge in [0.15, 0.2) is 17.3 Å². The number of hydrogen-bond acceptors (Lipinski definition) is 5. The molecule has 3 rings (SSSR count). The molecule has 0 saturated heterocycles. The second-order valence-electron chi connectivity index (χ2n) is 5.80. The first-order chi connectivity index (χ1) is 12.5. The van der Waals surface area contributed by atoms with Gasteiger partial charge in [-0.3, -0.25) is 14.4 Å². The number of rotatable bonds is 4. The Kier molecular flexibility index (Phi) is 5.17. The number of para-hydroxylation sites is 2. The smallest absolute Gasteiger partial charge is 0.313 e. The van der Waals surface area contributed by atoms with Crippen molar-refractivity contribution in [3.05, 3.63) is 54.1 Å². The van der Waals surface area contributed by atoms with Crippen molar-refractivity contribution in [1.29, 1.82) is 0 Å². The Labute approximate surface area is 150 Å². The number of nitrogens with one attached hydrogen (secondary N) is 2. The monoisotopic (exact) mass is 354 g/mol. The van der Waals surface area contributed by atoms with Crippen molar-refractivity contribution < 1.29 is 23.9 Å². The molecule has 1 aliphatic rings. The van der Waals surface area contributed by atoms with E-state index in [1.807, 2.05) is 12.1 Å². The minimum Gasteiger partial charge on any atom is -0.486 e. The number of fused-ring (bicyclic) bond motifs is 1. The molecule has 1 unspecified atom stereocenters. The SMILES string of the molecule is CC(=O)c1ccc(NC(=O)C(=O)NCC2COc3ccccc3O2)cc1. The molecule has 0 aliphatic carbocycles. The number of amides is 2. The van der Waals surface area contributed by atoms with Gasteiger partial charge in [-0.2, -0.15) is 0 Å². The molecule has 0 bridgehead atoms. The van der Waals surface area contributed by atoms with E-state index in [0.717, 1.165) is 0 Å². The number of anilines is 1. The van der Waals surface area contributed by atoms with E-state index in [1.54, 1.807) is 36.4 Å². The van der Waals surface area contributed by atoms with Crippen LogP contribution in [-0.2, 0) is 9.59 Å². The summed E-state index contributed by atoms with van der Waals surface area (Å²) in [5.74, 6) is -0.382.